The van der Waals surface area contributed by atoms with Gasteiger partial charge in [-0.2, -0.15) is 10.1 Å². The Kier molecular flexibility index (Phi) is 5.90. The van der Waals surface area contributed by atoms with E-state index in [-0.39, 0.29) is 11.3 Å². The van der Waals surface area contributed by atoms with Gasteiger partial charge in [0.25, 0.3) is 5.91 Å². The highest BCUT2D eigenvalue weighted by Gasteiger charge is 2.34. The normalized spacial score (nSPS) is 16.6. The van der Waals surface area contributed by atoms with Crippen molar-refractivity contribution in [1.82, 2.24) is 0 Å². The van der Waals surface area contributed by atoms with Gasteiger partial charge >= 0.3 is 5.97 Å². The number of aliphatic carboxylic acids is 1. The van der Waals surface area contributed by atoms with Crippen LogP contribution in [0.15, 0.2) is 101 Å². The number of hydrogen-bond acceptors (Lipinski definition) is 5. The second-order valence-electron chi connectivity index (χ2n) is 8.93. The number of aryl methyl sites for hydroxylation is 1. The molecule has 182 valence electrons. The number of para-hydroxylation sites is 1. The minimum atomic E-state index is -1.24. The minimum absolute atomic E-state index is 0.0562. The Hall–Kier alpha value is -4.49. The summed E-state index contributed by atoms with van der Waals surface area (Å²) < 4.78 is 1.29. The molecule has 37 heavy (non-hydrogen) atoms. The number of anilines is 3. The molecule has 4 aromatic rings. The Labute approximate surface area is 218 Å². The van der Waals surface area contributed by atoms with E-state index in [0.29, 0.717) is 5.69 Å². The van der Waals surface area contributed by atoms with E-state index >= 15 is 0 Å². The molecule has 0 saturated carbocycles. The Morgan fingerprint density at radius 1 is 1.00 bits per heavy atom. The Morgan fingerprint density at radius 3 is 2.70 bits per heavy atom. The first-order chi connectivity index (χ1) is 18.1. The number of thiophene rings is 1. The van der Waals surface area contributed by atoms with E-state index in [1.165, 1.54) is 33.1 Å². The molecule has 1 amide bonds. The van der Waals surface area contributed by atoms with Crippen molar-refractivity contribution >= 4 is 62.1 Å². The molecule has 2 aliphatic rings. The van der Waals surface area contributed by atoms with Crippen LogP contribution in [-0.4, -0.2) is 29.2 Å². The molecule has 0 spiro atoms. The third kappa shape index (κ3) is 4.34. The van der Waals surface area contributed by atoms with Gasteiger partial charge in [-0.3, -0.25) is 4.79 Å². The quantitative estimate of drug-likeness (QED) is 0.318. The van der Waals surface area contributed by atoms with E-state index in [4.69, 9.17) is 0 Å². The second kappa shape index (κ2) is 9.52. The number of rotatable bonds is 5. The van der Waals surface area contributed by atoms with Crippen LogP contribution in [0.2, 0.25) is 0 Å². The summed E-state index contributed by atoms with van der Waals surface area (Å²) in [7, 11) is 0. The summed E-state index contributed by atoms with van der Waals surface area (Å²) in [6, 6.07) is 23.9. The second-order valence-corrected chi connectivity index (χ2v) is 9.88. The number of carbonyl (C=O) groups is 2. The monoisotopic (exact) mass is 505 g/mol. The van der Waals surface area contributed by atoms with Crippen molar-refractivity contribution in [2.45, 2.75) is 12.8 Å². The van der Waals surface area contributed by atoms with Crippen molar-refractivity contribution in [3.8, 4) is 0 Å². The molecule has 0 fully saturated rings. The molecule has 0 radical (unpaired) electrons. The summed E-state index contributed by atoms with van der Waals surface area (Å²) in [5, 5.41) is 18.2. The molecule has 0 atom stereocenters. The summed E-state index contributed by atoms with van der Waals surface area (Å²) in [5.74, 6) is -1.70. The van der Waals surface area contributed by atoms with Crippen LogP contribution in [0, 0.1) is 0 Å². The molecule has 0 saturated heterocycles. The third-order valence-corrected chi connectivity index (χ3v) is 7.49. The van der Waals surface area contributed by atoms with Gasteiger partial charge in [0, 0.05) is 22.6 Å². The Bertz CT molecular complexity index is 1620. The predicted octanol–water partition coefficient (Wildman–Crippen LogP) is 6.41. The molecule has 6 rings (SSSR count). The van der Waals surface area contributed by atoms with E-state index in [1.807, 2.05) is 12.1 Å². The van der Waals surface area contributed by atoms with Gasteiger partial charge in [-0.05, 0) is 83.3 Å². The number of carboxylic acids is 1. The number of fused-ring (bicyclic) bond motifs is 2. The fraction of sp³-hybridized carbons (Fsp3) is 0.100. The lowest BCUT2D eigenvalue weighted by molar-refractivity contribution is -0.129. The topological polar surface area (TPSA) is 73.2 Å². The molecule has 0 bridgehead atoms. The van der Waals surface area contributed by atoms with Crippen LogP contribution < -0.4 is 9.91 Å². The SMILES string of the molecule is O=C(O)C1=NN(c2ccccc2)C(=O)/C1=C\C=C\c1ccc2c(c1)CCCN2c1ccc2ccsc2c1. The van der Waals surface area contributed by atoms with Crippen molar-refractivity contribution in [3.05, 3.63) is 107 Å². The smallest absolute Gasteiger partial charge is 0.357 e. The lowest BCUT2D eigenvalue weighted by atomic mass is 9.98. The Morgan fingerprint density at radius 2 is 1.86 bits per heavy atom. The summed E-state index contributed by atoms with van der Waals surface area (Å²) in [4.78, 5) is 27.1. The Balaban J connectivity index is 1.25. The van der Waals surface area contributed by atoms with E-state index in [9.17, 15) is 14.7 Å². The van der Waals surface area contributed by atoms with Crippen LogP contribution in [0.3, 0.4) is 0 Å². The molecule has 2 aliphatic heterocycles. The number of hydrogen-bond donors (Lipinski definition) is 1. The molecule has 7 heteroatoms. The zero-order chi connectivity index (χ0) is 25.4. The lowest BCUT2D eigenvalue weighted by Crippen LogP contribution is -2.24. The van der Waals surface area contributed by atoms with Crippen molar-refractivity contribution in [1.29, 1.82) is 0 Å². The number of carbonyl (C=O) groups excluding carboxylic acids is 1. The molecule has 0 unspecified atom stereocenters. The summed E-state index contributed by atoms with van der Waals surface area (Å²) in [6.07, 6.45) is 7.19. The average Bonchev–Trinajstić information content (AvgIpc) is 3.53. The fourth-order valence-electron chi connectivity index (χ4n) is 4.82. The van der Waals surface area contributed by atoms with Crippen LogP contribution in [0.5, 0.6) is 0 Å². The van der Waals surface area contributed by atoms with Crippen LogP contribution in [0.1, 0.15) is 17.5 Å². The van der Waals surface area contributed by atoms with E-state index in [2.05, 4.69) is 57.8 Å². The first-order valence-electron chi connectivity index (χ1n) is 12.1. The van der Waals surface area contributed by atoms with Gasteiger partial charge in [0.2, 0.25) is 0 Å². The number of hydrazone groups is 1. The van der Waals surface area contributed by atoms with Crippen molar-refractivity contribution in [2.24, 2.45) is 5.10 Å². The van der Waals surface area contributed by atoms with Gasteiger partial charge < -0.3 is 10.0 Å². The molecule has 1 N–H and O–H groups in total. The molecule has 0 aliphatic carbocycles. The first-order valence-corrected chi connectivity index (χ1v) is 12.9. The van der Waals surface area contributed by atoms with Gasteiger partial charge in [0.15, 0.2) is 5.71 Å². The number of benzene rings is 3. The summed E-state index contributed by atoms with van der Waals surface area (Å²) in [6.45, 7) is 0.975. The maximum absolute atomic E-state index is 12.9. The fourth-order valence-corrected chi connectivity index (χ4v) is 5.64. The van der Waals surface area contributed by atoms with Crippen LogP contribution in [-0.2, 0) is 16.0 Å². The summed E-state index contributed by atoms with van der Waals surface area (Å²) >= 11 is 1.76. The van der Waals surface area contributed by atoms with Crippen LogP contribution in [0.25, 0.3) is 16.2 Å². The van der Waals surface area contributed by atoms with Gasteiger partial charge in [0.05, 0.1) is 11.3 Å². The van der Waals surface area contributed by atoms with E-state index in [0.717, 1.165) is 30.0 Å². The minimum Gasteiger partial charge on any atom is -0.476 e. The average molecular weight is 506 g/mol. The predicted molar refractivity (Wildman–Crippen MR) is 150 cm³/mol. The molecule has 3 heterocycles. The highest BCUT2D eigenvalue weighted by Crippen LogP contribution is 2.36. The first kappa shape index (κ1) is 22.9. The largest absolute Gasteiger partial charge is 0.476 e. The number of allylic oxidation sites excluding steroid dienone is 2. The highest BCUT2D eigenvalue weighted by atomic mass is 32.1. The van der Waals surface area contributed by atoms with Gasteiger partial charge in [0.1, 0.15) is 0 Å². The summed E-state index contributed by atoms with van der Waals surface area (Å²) in [5.41, 5.74) is 4.99. The number of nitrogens with zero attached hydrogens (tertiary/aromatic N) is 3. The number of carboxylic acid groups (broad SMARTS) is 1. The zero-order valence-corrected chi connectivity index (χ0v) is 20.7. The number of amides is 1. The van der Waals surface area contributed by atoms with Crippen molar-refractivity contribution in [2.75, 3.05) is 16.5 Å². The standard InChI is InChI=1S/C30H23N3O3S/c34-29-25(28(30(35)36)31-33(29)23-8-2-1-3-9-23)10-4-6-20-11-14-26-22(18-20)7-5-16-32(26)24-13-12-21-15-17-37-27(21)19-24/h1-4,6,8-15,17-19H,5,7,16H2,(H,35,36)/b6-4+,25-10-. The van der Waals surface area contributed by atoms with Gasteiger partial charge in [-0.25, -0.2) is 4.79 Å². The van der Waals surface area contributed by atoms with Gasteiger partial charge in [-0.15, -0.1) is 11.3 Å². The zero-order valence-electron chi connectivity index (χ0n) is 19.9. The van der Waals surface area contributed by atoms with E-state index in [1.54, 1.807) is 41.7 Å². The lowest BCUT2D eigenvalue weighted by Gasteiger charge is -2.31. The van der Waals surface area contributed by atoms with Crippen LogP contribution in [0.4, 0.5) is 17.1 Å². The maximum Gasteiger partial charge on any atom is 0.357 e. The molecule has 1 aromatic heterocycles. The van der Waals surface area contributed by atoms with E-state index < -0.39 is 11.9 Å². The third-order valence-electron chi connectivity index (χ3n) is 6.61. The molecule has 6 nitrogen and oxygen atoms in total. The van der Waals surface area contributed by atoms with Crippen molar-refractivity contribution in [3.63, 3.8) is 0 Å². The highest BCUT2D eigenvalue weighted by molar-refractivity contribution is 7.17. The van der Waals surface area contributed by atoms with Gasteiger partial charge in [-0.1, -0.05) is 42.5 Å². The maximum atomic E-state index is 12.9. The molecular formula is C30H23N3O3S. The molecular weight excluding hydrogens is 482 g/mol. The van der Waals surface area contributed by atoms with Crippen molar-refractivity contribution < 1.29 is 14.7 Å². The van der Waals surface area contributed by atoms with Crippen LogP contribution >= 0.6 is 11.3 Å². The molecule has 3 aromatic carbocycles.